The minimum Gasteiger partial charge on any atom is -1.00 e. The molecule has 2 rings (SSSR count). The van der Waals surface area contributed by atoms with E-state index in [0.29, 0.717) is 11.9 Å². The van der Waals surface area contributed by atoms with Crippen LogP contribution in [0.15, 0.2) is 29.1 Å². The van der Waals surface area contributed by atoms with Crippen molar-refractivity contribution < 1.29 is 26.3 Å². The van der Waals surface area contributed by atoms with Gasteiger partial charge in [-0.25, -0.2) is 9.36 Å². The van der Waals surface area contributed by atoms with Crippen LogP contribution in [0.25, 0.3) is 10.9 Å². The first-order chi connectivity index (χ1) is 10.3. The van der Waals surface area contributed by atoms with Gasteiger partial charge in [0.2, 0.25) is 0 Å². The molecule has 0 bridgehead atoms. The monoisotopic (exact) mass is 380 g/mol. The third-order valence-corrected chi connectivity index (χ3v) is 4.04. The van der Waals surface area contributed by atoms with Crippen LogP contribution in [-0.4, -0.2) is 10.4 Å². The van der Waals surface area contributed by atoms with Crippen molar-refractivity contribution in [1.82, 2.24) is 4.57 Å². The average Bonchev–Trinajstić information content (AvgIpc) is 2.47. The number of para-hydroxylation sites is 1. The molecule has 23 heavy (non-hydrogen) atoms. The molecule has 0 saturated heterocycles. The highest BCUT2D eigenvalue weighted by Crippen LogP contribution is 2.15. The predicted octanol–water partition coefficient (Wildman–Crippen LogP) is -0.602. The number of fused-ring (bicyclic) bond motifs is 1. The van der Waals surface area contributed by atoms with Crippen molar-refractivity contribution >= 4 is 16.7 Å². The normalized spacial score (nSPS) is 11.3. The van der Waals surface area contributed by atoms with Gasteiger partial charge in [-0.05, 0) is 18.6 Å². The summed E-state index contributed by atoms with van der Waals surface area (Å²) in [5.41, 5.74) is 0.442. The number of Topliss-reactive ketones (excluding diaryl/α,β-unsaturated/α-hetero) is 1. The summed E-state index contributed by atoms with van der Waals surface area (Å²) in [6, 6.07) is 7.52. The second-order valence-electron chi connectivity index (χ2n) is 6.81. The van der Waals surface area contributed by atoms with Crippen molar-refractivity contribution in [2.45, 2.75) is 47.1 Å². The van der Waals surface area contributed by atoms with Crippen LogP contribution in [0, 0.1) is 5.41 Å². The first kappa shape index (κ1) is 19.6. The topological polar surface area (TPSA) is 43.0 Å². The van der Waals surface area contributed by atoms with Gasteiger partial charge in [-0.15, -0.1) is 0 Å². The van der Waals surface area contributed by atoms with E-state index in [0.717, 1.165) is 24.2 Å². The Bertz CT molecular complexity index is 773. The lowest BCUT2D eigenvalue weighted by Crippen LogP contribution is -3.00. The Labute approximate surface area is 147 Å². The highest BCUT2D eigenvalue weighted by molar-refractivity contribution is 5.83. The van der Waals surface area contributed by atoms with Gasteiger partial charge in [-0.2, -0.15) is 4.57 Å². The van der Waals surface area contributed by atoms with E-state index in [4.69, 9.17) is 0 Å². The largest absolute Gasteiger partial charge is 1.00 e. The van der Waals surface area contributed by atoms with Gasteiger partial charge in [0.1, 0.15) is 17.4 Å². The summed E-state index contributed by atoms with van der Waals surface area (Å²) < 4.78 is 3.69. The van der Waals surface area contributed by atoms with Crippen molar-refractivity contribution in [3.63, 3.8) is 0 Å². The molecule has 126 valence electrons. The van der Waals surface area contributed by atoms with E-state index in [-0.39, 0.29) is 28.3 Å². The third-order valence-electron chi connectivity index (χ3n) is 4.04. The van der Waals surface area contributed by atoms with Gasteiger partial charge >= 0.3 is 5.56 Å². The van der Waals surface area contributed by atoms with Crippen LogP contribution < -0.4 is 27.1 Å². The molecular weight excluding hydrogens is 356 g/mol. The molecule has 1 aromatic carbocycles. The van der Waals surface area contributed by atoms with E-state index < -0.39 is 5.41 Å². The first-order valence-electron chi connectivity index (χ1n) is 7.81. The summed E-state index contributed by atoms with van der Waals surface area (Å²) in [5, 5.41) is 0.659. The fourth-order valence-electron chi connectivity index (χ4n) is 2.59. The van der Waals surface area contributed by atoms with Crippen molar-refractivity contribution in [1.29, 1.82) is 0 Å². The Morgan fingerprint density at radius 1 is 1.22 bits per heavy atom. The summed E-state index contributed by atoms with van der Waals surface area (Å²) in [6.07, 6.45) is 1.70. The zero-order valence-electron chi connectivity index (χ0n) is 14.5. The fourth-order valence-corrected chi connectivity index (χ4v) is 2.59. The Kier molecular flexibility index (Phi) is 6.28. The molecule has 0 aliphatic heterocycles. The maximum atomic E-state index is 12.5. The number of carbonyl (C=O) groups excluding carboxylic acids is 1. The smallest absolute Gasteiger partial charge is 0.345 e. The first-order valence-corrected chi connectivity index (χ1v) is 7.81. The summed E-state index contributed by atoms with van der Waals surface area (Å²) in [7, 11) is 1.79. The molecule has 1 heterocycles. The van der Waals surface area contributed by atoms with Gasteiger partial charge in [0.05, 0.1) is 7.05 Å². The van der Waals surface area contributed by atoms with Gasteiger partial charge in [0.15, 0.2) is 5.78 Å². The molecule has 0 amide bonds. The predicted molar refractivity (Wildman–Crippen MR) is 87.8 cm³/mol. The molecular formula is C18H25BrN2O2. The Hall–Kier alpha value is -1.49. The van der Waals surface area contributed by atoms with Crippen molar-refractivity contribution in [2.75, 3.05) is 0 Å². The zero-order chi connectivity index (χ0) is 16.5. The summed E-state index contributed by atoms with van der Waals surface area (Å²) in [4.78, 5) is 25.0. The highest BCUT2D eigenvalue weighted by atomic mass is 79.9. The van der Waals surface area contributed by atoms with Crippen molar-refractivity contribution in [2.24, 2.45) is 12.5 Å². The maximum absolute atomic E-state index is 12.5. The third kappa shape index (κ3) is 3.89. The molecule has 0 fully saturated rings. The standard InChI is InChI=1S/C18H25N2O2.BrH/c1-6-9-16-19(5)17(22)13-10-7-8-11-14(13)20(16)12-15(21)18(2,3)4;/h7-8,10-11H,6,9,12H2,1-5H3;1H/q+1;/p-1. The molecule has 5 heteroatoms. The number of aromatic nitrogens is 2. The Morgan fingerprint density at radius 2 is 1.83 bits per heavy atom. The molecule has 2 aromatic rings. The number of hydrogen-bond acceptors (Lipinski definition) is 2. The molecule has 1 aromatic heterocycles. The molecule has 4 nitrogen and oxygen atoms in total. The molecule has 0 unspecified atom stereocenters. The van der Waals surface area contributed by atoms with Gasteiger partial charge in [-0.3, -0.25) is 4.79 Å². The molecule has 0 radical (unpaired) electrons. The van der Waals surface area contributed by atoms with Crippen molar-refractivity contribution in [3.8, 4) is 0 Å². The van der Waals surface area contributed by atoms with E-state index in [1.807, 2.05) is 49.6 Å². The van der Waals surface area contributed by atoms with Crippen LogP contribution in [0.1, 0.15) is 39.9 Å². The van der Waals surface area contributed by atoms with Crippen LogP contribution in [0.2, 0.25) is 0 Å². The lowest BCUT2D eigenvalue weighted by atomic mass is 9.90. The summed E-state index contributed by atoms with van der Waals surface area (Å²) in [5.74, 6) is 1.07. The van der Waals surface area contributed by atoms with E-state index in [1.165, 1.54) is 0 Å². The second-order valence-corrected chi connectivity index (χ2v) is 6.81. The Balaban J connectivity index is 0.00000264. The quantitative estimate of drug-likeness (QED) is 0.664. The number of carbonyl (C=O) groups is 1. The highest BCUT2D eigenvalue weighted by Gasteiger charge is 2.27. The number of nitrogens with zero attached hydrogens (tertiary/aromatic N) is 2. The van der Waals surface area contributed by atoms with Gasteiger partial charge in [0, 0.05) is 11.8 Å². The summed E-state index contributed by atoms with van der Waals surface area (Å²) >= 11 is 0. The minimum atomic E-state index is -0.397. The number of rotatable bonds is 4. The molecule has 0 saturated carbocycles. The SMILES string of the molecule is CCCc1n(C)c(=O)c2ccccc2[n+]1CC(=O)C(C)(C)C.[Br-]. The van der Waals surface area contributed by atoms with Crippen LogP contribution >= 0.6 is 0 Å². The van der Waals surface area contributed by atoms with Gasteiger partial charge < -0.3 is 17.0 Å². The Morgan fingerprint density at radius 3 is 2.39 bits per heavy atom. The lowest BCUT2D eigenvalue weighted by molar-refractivity contribution is -0.671. The number of benzene rings is 1. The van der Waals surface area contributed by atoms with E-state index >= 15 is 0 Å². The minimum absolute atomic E-state index is 0. The van der Waals surface area contributed by atoms with Crippen LogP contribution in [0.5, 0.6) is 0 Å². The fraction of sp³-hybridized carbons (Fsp3) is 0.500. The second kappa shape index (κ2) is 7.39. The van der Waals surface area contributed by atoms with Crippen LogP contribution in [0.4, 0.5) is 0 Å². The molecule has 0 spiro atoms. The number of ketones is 1. The van der Waals surface area contributed by atoms with Gasteiger partial charge in [0.25, 0.3) is 5.82 Å². The number of hydrogen-bond donors (Lipinski definition) is 0. The molecule has 0 N–H and O–H groups in total. The molecule has 0 aliphatic rings. The van der Waals surface area contributed by atoms with Crippen LogP contribution in [0.3, 0.4) is 0 Å². The lowest BCUT2D eigenvalue weighted by Gasteiger charge is -2.18. The van der Waals surface area contributed by atoms with E-state index in [2.05, 4.69) is 6.92 Å². The molecule has 0 aliphatic carbocycles. The summed E-state index contributed by atoms with van der Waals surface area (Å²) in [6.45, 7) is 8.17. The van der Waals surface area contributed by atoms with E-state index in [9.17, 15) is 9.59 Å². The van der Waals surface area contributed by atoms with Crippen LogP contribution in [-0.2, 0) is 24.8 Å². The maximum Gasteiger partial charge on any atom is 0.345 e. The van der Waals surface area contributed by atoms with Crippen molar-refractivity contribution in [3.05, 3.63) is 40.4 Å². The number of halogens is 1. The molecule has 0 atom stereocenters. The zero-order valence-corrected chi connectivity index (χ0v) is 16.1. The average molecular weight is 381 g/mol. The van der Waals surface area contributed by atoms with E-state index in [1.54, 1.807) is 11.6 Å². The van der Waals surface area contributed by atoms with Gasteiger partial charge in [-0.1, -0.05) is 39.8 Å².